The van der Waals surface area contributed by atoms with Gasteiger partial charge in [0.05, 0.1) is 0 Å². The van der Waals surface area contributed by atoms with Crippen molar-refractivity contribution in [2.75, 3.05) is 0 Å². The third-order valence-corrected chi connectivity index (χ3v) is 1.19. The summed E-state index contributed by atoms with van der Waals surface area (Å²) in [4.78, 5) is 10.3. The molecule has 0 saturated carbocycles. The van der Waals surface area contributed by atoms with Gasteiger partial charge in [-0.2, -0.15) is 0 Å². The van der Waals surface area contributed by atoms with E-state index in [0.717, 1.165) is 12.8 Å². The Bertz CT molecular complexity index is 165. The zero-order valence-corrected chi connectivity index (χ0v) is 5.83. The van der Waals surface area contributed by atoms with Crippen molar-refractivity contribution in [3.05, 3.63) is 0 Å². The van der Waals surface area contributed by atoms with Crippen molar-refractivity contribution in [1.82, 2.24) is 5.43 Å². The third kappa shape index (κ3) is 1.72. The van der Waals surface area contributed by atoms with Crippen molar-refractivity contribution >= 4 is 12.0 Å². The molecule has 0 saturated heterocycles. The second-order valence-corrected chi connectivity index (χ2v) is 2.07. The summed E-state index contributed by atoms with van der Waals surface area (Å²) in [5.74, 6) is 0.451. The fraction of sp³-hybridized carbons (Fsp3) is 0.667. The van der Waals surface area contributed by atoms with Crippen LogP contribution in [-0.2, 0) is 4.74 Å². The maximum atomic E-state index is 10.3. The molecule has 1 rings (SSSR count). The first-order chi connectivity index (χ1) is 4.83. The van der Waals surface area contributed by atoms with Crippen LogP contribution in [0.4, 0.5) is 4.79 Å². The van der Waals surface area contributed by atoms with Gasteiger partial charge in [0.1, 0.15) is 0 Å². The van der Waals surface area contributed by atoms with Crippen LogP contribution in [0.25, 0.3) is 0 Å². The standard InChI is InChI=1S/C6H9N2O2/c1-2-3-4-5-7-8-6(9)10-5/h2-4H2,1H3. The fourth-order valence-electron chi connectivity index (χ4n) is 0.667. The third-order valence-electron chi connectivity index (χ3n) is 1.19. The smallest absolute Gasteiger partial charge is 0.391 e. The number of hydrogen-bond acceptors (Lipinski definition) is 3. The highest BCUT2D eigenvalue weighted by atomic mass is 16.6. The summed E-state index contributed by atoms with van der Waals surface area (Å²) in [5, 5.41) is 3.52. The summed E-state index contributed by atoms with van der Waals surface area (Å²) < 4.78 is 4.61. The molecule has 10 heavy (non-hydrogen) atoms. The minimum atomic E-state index is -0.592. The molecule has 1 radical (unpaired) electrons. The van der Waals surface area contributed by atoms with Crippen LogP contribution in [0, 0.1) is 0 Å². The molecule has 1 heterocycles. The van der Waals surface area contributed by atoms with E-state index in [4.69, 9.17) is 0 Å². The molecule has 0 N–H and O–H groups in total. The number of ether oxygens (including phenoxy) is 1. The lowest BCUT2D eigenvalue weighted by molar-refractivity contribution is 0.204. The number of carbonyl (C=O) groups is 1. The van der Waals surface area contributed by atoms with E-state index in [1.54, 1.807) is 0 Å². The zero-order chi connectivity index (χ0) is 7.40. The van der Waals surface area contributed by atoms with E-state index >= 15 is 0 Å². The highest BCUT2D eigenvalue weighted by Gasteiger charge is 2.16. The number of unbranched alkanes of at least 4 members (excludes halogenated alkanes) is 1. The van der Waals surface area contributed by atoms with E-state index in [9.17, 15) is 4.79 Å². The molecule has 1 amide bonds. The Labute approximate surface area is 59.2 Å². The number of carbonyl (C=O) groups excluding carboxylic acids is 1. The molecule has 0 aromatic heterocycles. The first-order valence-electron chi connectivity index (χ1n) is 3.32. The molecule has 0 aliphatic carbocycles. The van der Waals surface area contributed by atoms with Crippen LogP contribution in [0.1, 0.15) is 26.2 Å². The molecule has 4 nitrogen and oxygen atoms in total. The highest BCUT2D eigenvalue weighted by Crippen LogP contribution is 2.03. The largest absolute Gasteiger partial charge is 0.459 e. The minimum absolute atomic E-state index is 0.451. The van der Waals surface area contributed by atoms with Gasteiger partial charge in [-0.25, -0.2) is 4.79 Å². The van der Waals surface area contributed by atoms with Crippen molar-refractivity contribution in [2.24, 2.45) is 5.10 Å². The second kappa shape index (κ2) is 3.20. The van der Waals surface area contributed by atoms with Crippen LogP contribution < -0.4 is 5.43 Å². The molecule has 0 fully saturated rings. The normalized spacial score (nSPS) is 16.1. The maximum Gasteiger partial charge on any atom is 0.459 e. The number of hydrogen-bond donors (Lipinski definition) is 0. The van der Waals surface area contributed by atoms with Crippen LogP contribution >= 0.6 is 0 Å². The molecule has 0 aromatic rings. The predicted molar refractivity (Wildman–Crippen MR) is 35.6 cm³/mol. The summed E-state index contributed by atoms with van der Waals surface area (Å²) in [6.07, 6.45) is 2.18. The van der Waals surface area contributed by atoms with Crippen molar-refractivity contribution in [3.8, 4) is 0 Å². The molecule has 0 unspecified atom stereocenters. The number of cyclic esters (lactones) is 1. The Morgan fingerprint density at radius 1 is 1.60 bits per heavy atom. The Balaban J connectivity index is 2.23. The highest BCUT2D eigenvalue weighted by molar-refractivity contribution is 5.92. The van der Waals surface area contributed by atoms with Crippen LogP contribution in [0.15, 0.2) is 5.10 Å². The Morgan fingerprint density at radius 2 is 2.40 bits per heavy atom. The van der Waals surface area contributed by atoms with Gasteiger partial charge >= 0.3 is 6.09 Å². The quantitative estimate of drug-likeness (QED) is 0.593. The second-order valence-electron chi connectivity index (χ2n) is 2.07. The molecule has 0 aromatic carbocycles. The zero-order valence-electron chi connectivity index (χ0n) is 5.83. The molecule has 0 atom stereocenters. The number of rotatable bonds is 3. The lowest BCUT2D eigenvalue weighted by Crippen LogP contribution is -2.04. The number of amides is 1. The number of nitrogens with zero attached hydrogens (tertiary/aromatic N) is 2. The molecule has 1 aliphatic rings. The topological polar surface area (TPSA) is 52.8 Å². The van der Waals surface area contributed by atoms with Crippen molar-refractivity contribution in [1.29, 1.82) is 0 Å². The van der Waals surface area contributed by atoms with Crippen molar-refractivity contribution in [3.63, 3.8) is 0 Å². The van der Waals surface area contributed by atoms with E-state index in [1.165, 1.54) is 0 Å². The predicted octanol–water partition coefficient (Wildman–Crippen LogP) is 1.24. The van der Waals surface area contributed by atoms with Gasteiger partial charge in [-0.1, -0.05) is 18.8 Å². The van der Waals surface area contributed by atoms with Gasteiger partial charge in [0.2, 0.25) is 5.90 Å². The van der Waals surface area contributed by atoms with E-state index < -0.39 is 6.09 Å². The van der Waals surface area contributed by atoms with Gasteiger partial charge in [-0.05, 0) is 6.42 Å². The molecule has 0 bridgehead atoms. The molecule has 55 valence electrons. The van der Waals surface area contributed by atoms with Gasteiger partial charge in [0, 0.05) is 6.42 Å². The van der Waals surface area contributed by atoms with Crippen LogP contribution in [0.5, 0.6) is 0 Å². The van der Waals surface area contributed by atoms with E-state index in [1.807, 2.05) is 0 Å². The SMILES string of the molecule is CCCCC1=N[N]C(=O)O1. The average Bonchev–Trinajstić information content (AvgIpc) is 2.31. The minimum Gasteiger partial charge on any atom is -0.391 e. The summed E-state index contributed by atoms with van der Waals surface area (Å²) >= 11 is 0. The lowest BCUT2D eigenvalue weighted by atomic mass is 10.2. The molecule has 4 heteroatoms. The van der Waals surface area contributed by atoms with Gasteiger partial charge in [-0.15, -0.1) is 5.10 Å². The molecular weight excluding hydrogens is 132 g/mol. The maximum absolute atomic E-state index is 10.3. The van der Waals surface area contributed by atoms with Gasteiger partial charge < -0.3 is 4.74 Å². The Morgan fingerprint density at radius 3 is 2.90 bits per heavy atom. The summed E-state index contributed by atoms with van der Waals surface area (Å²) in [6.45, 7) is 2.06. The van der Waals surface area contributed by atoms with Gasteiger partial charge in [0.25, 0.3) is 0 Å². The van der Waals surface area contributed by atoms with Crippen LogP contribution in [0.3, 0.4) is 0 Å². The van der Waals surface area contributed by atoms with Crippen LogP contribution in [0.2, 0.25) is 0 Å². The monoisotopic (exact) mass is 141 g/mol. The van der Waals surface area contributed by atoms with E-state index in [0.29, 0.717) is 12.3 Å². The van der Waals surface area contributed by atoms with Gasteiger partial charge in [-0.3, -0.25) is 0 Å². The Hall–Kier alpha value is -1.06. The summed E-state index contributed by atoms with van der Waals surface area (Å²) in [5.41, 5.74) is 3.20. The van der Waals surface area contributed by atoms with Crippen LogP contribution in [-0.4, -0.2) is 12.0 Å². The van der Waals surface area contributed by atoms with Crippen molar-refractivity contribution in [2.45, 2.75) is 26.2 Å². The average molecular weight is 141 g/mol. The fourth-order valence-corrected chi connectivity index (χ4v) is 0.667. The van der Waals surface area contributed by atoms with Gasteiger partial charge in [0.15, 0.2) is 0 Å². The first kappa shape index (κ1) is 7.05. The molecule has 1 aliphatic heterocycles. The first-order valence-corrected chi connectivity index (χ1v) is 3.32. The summed E-state index contributed by atoms with van der Waals surface area (Å²) in [6, 6.07) is 0. The molecular formula is C6H9N2O2. The van der Waals surface area contributed by atoms with Crippen molar-refractivity contribution < 1.29 is 9.53 Å². The van der Waals surface area contributed by atoms with E-state index in [-0.39, 0.29) is 0 Å². The van der Waals surface area contributed by atoms with E-state index in [2.05, 4.69) is 22.2 Å². The molecule has 0 spiro atoms. The summed E-state index contributed by atoms with van der Waals surface area (Å²) in [7, 11) is 0. The Kier molecular flexibility index (Phi) is 2.25. The lowest BCUT2D eigenvalue weighted by Gasteiger charge is -1.93.